The first kappa shape index (κ1) is 12.6. The van der Waals surface area contributed by atoms with Gasteiger partial charge in [0.25, 0.3) is 5.56 Å². The number of benzene rings is 1. The third kappa shape index (κ3) is 2.79. The number of fused-ring (bicyclic) bond motifs is 1. The van der Waals surface area contributed by atoms with Crippen LogP contribution in [0.5, 0.6) is 5.75 Å². The molecule has 0 saturated carbocycles. The Morgan fingerprint density at radius 2 is 2.05 bits per heavy atom. The first-order valence-electron chi connectivity index (χ1n) is 5.57. The zero-order chi connectivity index (χ0) is 13.2. The molecule has 0 saturated heterocycles. The molecular formula is C13H9IN2O2S. The first-order valence-corrected chi connectivity index (χ1v) is 7.53. The van der Waals surface area contributed by atoms with Gasteiger partial charge < -0.3 is 9.72 Å². The van der Waals surface area contributed by atoms with Gasteiger partial charge in [0.2, 0.25) is 0 Å². The minimum Gasteiger partial charge on any atom is -0.486 e. The largest absolute Gasteiger partial charge is 0.486 e. The summed E-state index contributed by atoms with van der Waals surface area (Å²) in [5, 5.41) is 1.86. The molecule has 0 aliphatic carbocycles. The molecule has 1 aromatic carbocycles. The number of nitrogens with one attached hydrogen (secondary N) is 1. The lowest BCUT2D eigenvalue weighted by Crippen LogP contribution is -2.12. The van der Waals surface area contributed by atoms with E-state index in [1.54, 1.807) is 0 Å². The Bertz CT molecular complexity index is 764. The van der Waals surface area contributed by atoms with Crippen LogP contribution in [0.3, 0.4) is 0 Å². The van der Waals surface area contributed by atoms with E-state index in [2.05, 4.69) is 32.6 Å². The van der Waals surface area contributed by atoms with Gasteiger partial charge >= 0.3 is 0 Å². The molecule has 2 aromatic heterocycles. The first-order chi connectivity index (χ1) is 9.22. The number of rotatable bonds is 3. The lowest BCUT2D eigenvalue weighted by atomic mass is 10.3. The van der Waals surface area contributed by atoms with Gasteiger partial charge in [-0.25, -0.2) is 4.98 Å². The van der Waals surface area contributed by atoms with Crippen molar-refractivity contribution in [2.24, 2.45) is 0 Å². The molecule has 0 radical (unpaired) electrons. The molecule has 0 atom stereocenters. The lowest BCUT2D eigenvalue weighted by Gasteiger charge is -2.05. The van der Waals surface area contributed by atoms with Gasteiger partial charge in [-0.15, -0.1) is 11.3 Å². The second-order valence-electron chi connectivity index (χ2n) is 3.89. The number of halogens is 1. The van der Waals surface area contributed by atoms with E-state index in [1.807, 2.05) is 35.7 Å². The van der Waals surface area contributed by atoms with Gasteiger partial charge in [-0.2, -0.15) is 0 Å². The summed E-state index contributed by atoms with van der Waals surface area (Å²) in [6.07, 6.45) is 0. The molecule has 0 spiro atoms. The fraction of sp³-hybridized carbons (Fsp3) is 0.0769. The molecule has 96 valence electrons. The Morgan fingerprint density at radius 1 is 1.26 bits per heavy atom. The average Bonchev–Trinajstić information content (AvgIpc) is 2.87. The van der Waals surface area contributed by atoms with Gasteiger partial charge in [-0.05, 0) is 58.3 Å². The van der Waals surface area contributed by atoms with Gasteiger partial charge in [0, 0.05) is 3.57 Å². The molecule has 0 fully saturated rings. The highest BCUT2D eigenvalue weighted by Crippen LogP contribution is 2.16. The summed E-state index contributed by atoms with van der Waals surface area (Å²) in [6.45, 7) is 0.252. The summed E-state index contributed by atoms with van der Waals surface area (Å²) < 4.78 is 7.40. The highest BCUT2D eigenvalue weighted by molar-refractivity contribution is 14.1. The molecule has 6 heteroatoms. The quantitative estimate of drug-likeness (QED) is 0.706. The number of thiophene rings is 1. The Balaban J connectivity index is 1.81. The maximum absolute atomic E-state index is 11.8. The Morgan fingerprint density at radius 3 is 2.84 bits per heavy atom. The van der Waals surface area contributed by atoms with Crippen molar-refractivity contribution in [3.05, 3.63) is 55.5 Å². The normalized spacial score (nSPS) is 10.8. The molecular weight excluding hydrogens is 375 g/mol. The minimum atomic E-state index is -0.110. The SMILES string of the molecule is O=c1[nH]c(COc2ccc(I)cc2)nc2ccsc12. The summed E-state index contributed by atoms with van der Waals surface area (Å²) in [4.78, 5) is 18.9. The van der Waals surface area contributed by atoms with E-state index in [1.165, 1.54) is 11.3 Å². The van der Waals surface area contributed by atoms with Crippen LogP contribution in [0.1, 0.15) is 5.82 Å². The minimum absolute atomic E-state index is 0.110. The third-order valence-corrected chi connectivity index (χ3v) is 4.17. The fourth-order valence-corrected chi connectivity index (χ4v) is 2.76. The second-order valence-corrected chi connectivity index (χ2v) is 6.05. The van der Waals surface area contributed by atoms with Crippen LogP contribution in [-0.2, 0) is 6.61 Å². The van der Waals surface area contributed by atoms with E-state index in [4.69, 9.17) is 4.74 Å². The van der Waals surface area contributed by atoms with Crippen LogP contribution in [0.25, 0.3) is 10.2 Å². The zero-order valence-corrected chi connectivity index (χ0v) is 12.7. The van der Waals surface area contributed by atoms with Crippen molar-refractivity contribution in [2.45, 2.75) is 6.61 Å². The summed E-state index contributed by atoms with van der Waals surface area (Å²) in [5.41, 5.74) is 0.608. The number of ether oxygens (including phenoxy) is 1. The predicted molar refractivity (Wildman–Crippen MR) is 83.7 cm³/mol. The monoisotopic (exact) mass is 384 g/mol. The number of H-pyrrole nitrogens is 1. The van der Waals surface area contributed by atoms with Crippen LogP contribution in [0, 0.1) is 3.57 Å². The van der Waals surface area contributed by atoms with E-state index < -0.39 is 0 Å². The molecule has 0 bridgehead atoms. The number of aromatic nitrogens is 2. The van der Waals surface area contributed by atoms with Crippen molar-refractivity contribution in [1.29, 1.82) is 0 Å². The Labute approximate surface area is 126 Å². The topological polar surface area (TPSA) is 55.0 Å². The van der Waals surface area contributed by atoms with Crippen LogP contribution in [0.15, 0.2) is 40.5 Å². The lowest BCUT2D eigenvalue weighted by molar-refractivity contribution is 0.296. The maximum Gasteiger partial charge on any atom is 0.268 e. The fourth-order valence-electron chi connectivity index (χ4n) is 1.67. The highest BCUT2D eigenvalue weighted by Gasteiger charge is 2.05. The van der Waals surface area contributed by atoms with Crippen LogP contribution in [0.4, 0.5) is 0 Å². The van der Waals surface area contributed by atoms with E-state index in [9.17, 15) is 4.79 Å². The summed E-state index contributed by atoms with van der Waals surface area (Å²) >= 11 is 3.63. The van der Waals surface area contributed by atoms with Gasteiger partial charge in [-0.1, -0.05) is 0 Å². The molecule has 0 amide bonds. The molecule has 4 nitrogen and oxygen atoms in total. The van der Waals surface area contributed by atoms with E-state index in [-0.39, 0.29) is 12.2 Å². The summed E-state index contributed by atoms with van der Waals surface area (Å²) in [6, 6.07) is 9.55. The molecule has 0 unspecified atom stereocenters. The van der Waals surface area contributed by atoms with Gasteiger partial charge in [0.05, 0.1) is 5.52 Å². The number of nitrogens with zero attached hydrogens (tertiary/aromatic N) is 1. The van der Waals surface area contributed by atoms with Crippen LogP contribution in [-0.4, -0.2) is 9.97 Å². The summed E-state index contributed by atoms with van der Waals surface area (Å²) in [5.74, 6) is 1.29. The number of aromatic amines is 1. The number of hydrogen-bond donors (Lipinski definition) is 1. The highest BCUT2D eigenvalue weighted by atomic mass is 127. The molecule has 0 aliphatic heterocycles. The van der Waals surface area contributed by atoms with Crippen molar-refractivity contribution in [3.63, 3.8) is 0 Å². The van der Waals surface area contributed by atoms with Crippen molar-refractivity contribution in [2.75, 3.05) is 0 Å². The van der Waals surface area contributed by atoms with Crippen LogP contribution in [0.2, 0.25) is 0 Å². The molecule has 19 heavy (non-hydrogen) atoms. The molecule has 3 rings (SSSR count). The van der Waals surface area contributed by atoms with E-state index in [0.29, 0.717) is 10.5 Å². The maximum atomic E-state index is 11.8. The number of hydrogen-bond acceptors (Lipinski definition) is 4. The summed E-state index contributed by atoms with van der Waals surface area (Å²) in [7, 11) is 0. The molecule has 3 aromatic rings. The average molecular weight is 384 g/mol. The van der Waals surface area contributed by atoms with Gasteiger partial charge in [0.1, 0.15) is 22.9 Å². The zero-order valence-electron chi connectivity index (χ0n) is 9.72. The standard InChI is InChI=1S/C13H9IN2O2S/c14-8-1-3-9(4-2-8)18-7-11-15-10-5-6-19-12(10)13(17)16-11/h1-6H,7H2,(H,15,16,17). The predicted octanol–water partition coefficient (Wildman–Crippen LogP) is 3.17. The van der Waals surface area contributed by atoms with Crippen molar-refractivity contribution in [1.82, 2.24) is 9.97 Å². The van der Waals surface area contributed by atoms with E-state index in [0.717, 1.165) is 14.8 Å². The smallest absolute Gasteiger partial charge is 0.268 e. The van der Waals surface area contributed by atoms with Gasteiger partial charge in [-0.3, -0.25) is 4.79 Å². The van der Waals surface area contributed by atoms with Gasteiger partial charge in [0.15, 0.2) is 0 Å². The van der Waals surface area contributed by atoms with E-state index >= 15 is 0 Å². The molecule has 0 aliphatic rings. The molecule has 2 heterocycles. The van der Waals surface area contributed by atoms with Crippen molar-refractivity contribution < 1.29 is 4.74 Å². The van der Waals surface area contributed by atoms with Crippen LogP contribution < -0.4 is 10.3 Å². The Kier molecular flexibility index (Phi) is 3.52. The molecule has 1 N–H and O–H groups in total. The van der Waals surface area contributed by atoms with Crippen LogP contribution >= 0.6 is 33.9 Å². The van der Waals surface area contributed by atoms with Crippen molar-refractivity contribution in [3.8, 4) is 5.75 Å². The Hall–Kier alpha value is -1.41. The third-order valence-electron chi connectivity index (χ3n) is 2.55. The van der Waals surface area contributed by atoms with Crippen molar-refractivity contribution >= 4 is 44.1 Å². The second kappa shape index (κ2) is 5.30.